The fourth-order valence-corrected chi connectivity index (χ4v) is 9.21. The minimum atomic E-state index is -2.99. The van der Waals surface area contributed by atoms with E-state index >= 15 is 0 Å². The van der Waals surface area contributed by atoms with Crippen LogP contribution in [0.25, 0.3) is 5.76 Å². The highest BCUT2D eigenvalue weighted by atomic mass is 35.5. The van der Waals surface area contributed by atoms with E-state index in [0.717, 1.165) is 19.3 Å². The van der Waals surface area contributed by atoms with E-state index in [9.17, 15) is 44.7 Å². The number of likely N-dealkylation sites (N-methyl/N-ethyl adjacent to an activating group) is 1. The first kappa shape index (κ1) is 42.4. The molecule has 1 saturated carbocycles. The van der Waals surface area contributed by atoms with Gasteiger partial charge in [-0.3, -0.25) is 24.1 Å². The van der Waals surface area contributed by atoms with E-state index in [1.165, 1.54) is 63.3 Å². The topological polar surface area (TPSA) is 211 Å². The van der Waals surface area contributed by atoms with Gasteiger partial charge in [-0.2, -0.15) is 0 Å². The number of nitrogens with zero attached hydrogens (tertiary/aromatic N) is 1. The average Bonchev–Trinajstić information content (AvgIpc) is 3.01. The van der Waals surface area contributed by atoms with Crippen molar-refractivity contribution in [1.29, 1.82) is 0 Å². The Kier molecular flexibility index (Phi) is 13.9. The summed E-state index contributed by atoms with van der Waals surface area (Å²) in [6, 6.07) is 1.64. The Bertz CT molecular complexity index is 1590. The van der Waals surface area contributed by atoms with Gasteiger partial charge in [-0.1, -0.05) is 51.5 Å². The van der Waals surface area contributed by atoms with Crippen LogP contribution in [0.5, 0.6) is 5.75 Å². The lowest BCUT2D eigenvalue weighted by molar-refractivity contribution is -0.169. The maximum Gasteiger partial charge on any atom is 0.255 e. The Morgan fingerprint density at radius 2 is 1.49 bits per heavy atom. The van der Waals surface area contributed by atoms with Crippen molar-refractivity contribution in [1.82, 2.24) is 4.90 Å². The van der Waals surface area contributed by atoms with Crippen molar-refractivity contribution in [3.05, 3.63) is 40.2 Å². The Labute approximate surface area is 307 Å². The van der Waals surface area contributed by atoms with Crippen LogP contribution < -0.4 is 23.5 Å². The second-order valence-electron chi connectivity index (χ2n) is 15.5. The Morgan fingerprint density at radius 1 is 0.941 bits per heavy atom. The van der Waals surface area contributed by atoms with E-state index in [1.807, 2.05) is 0 Å². The molecule has 284 valence electrons. The number of phenolic OH excluding ortho intramolecular Hbond substituents is 1. The first-order chi connectivity index (χ1) is 23.4. The van der Waals surface area contributed by atoms with Gasteiger partial charge in [0.05, 0.1) is 35.5 Å². The molecular formula is C37H55ClN3O9P. The molecule has 2 amide bonds. The van der Waals surface area contributed by atoms with Crippen LogP contribution in [0.2, 0.25) is 0 Å². The molecule has 51 heavy (non-hydrogen) atoms. The first-order valence-corrected chi connectivity index (χ1v) is 21.0. The fraction of sp³-hybridized carbons (Fsp3) is 0.622. The van der Waals surface area contributed by atoms with Crippen molar-refractivity contribution in [2.24, 2.45) is 17.6 Å². The molecule has 0 bridgehead atoms. The van der Waals surface area contributed by atoms with Crippen LogP contribution in [-0.4, -0.2) is 112 Å². The van der Waals surface area contributed by atoms with Crippen molar-refractivity contribution in [3.63, 3.8) is 0 Å². The number of unbranched alkanes of at least 4 members (excludes halogenated alkanes) is 8. The van der Waals surface area contributed by atoms with Gasteiger partial charge in [0.15, 0.2) is 11.4 Å². The number of ketones is 2. The lowest BCUT2D eigenvalue weighted by atomic mass is 9.54. The summed E-state index contributed by atoms with van der Waals surface area (Å²) in [6.45, 7) is 8.80. The third kappa shape index (κ3) is 8.31. The number of carbonyl (C=O) groups is 4. The molecular weight excluding hydrogens is 697 g/mol. The third-order valence-corrected chi connectivity index (χ3v) is 12.3. The molecule has 8 N–H and O–H groups in total. The number of Topliss-reactive ketones (excluding diaryl/α,β-unsaturated/α-hetero) is 2. The lowest BCUT2D eigenvalue weighted by Gasteiger charge is -2.53. The minimum absolute atomic E-state index is 0. The Hall–Kier alpha value is -3.02. The normalized spacial score (nSPS) is 26.0. The SMILES string of the molecule is C[C@H]1c2ccc(NC(=O)CCCCCCCCCCC[P+](C)(C)C)c(O)c2C(O)=C2C(=O)[C@]3(O)C(O)=C(C(N)=O)C(=O)[C@@H](N(C)C)[C@@H]3[C@@H](O)[C@@H]21.[Cl-]. The van der Waals surface area contributed by atoms with Crippen molar-refractivity contribution in [2.75, 3.05) is 45.6 Å². The standard InChI is InChI=1S/C37H54N3O9P.ClH/c1-20-21-17-18-22(39-23(41)16-14-12-10-8-7-9-11-13-15-19-50(4,5)6)30(42)25(21)31(43)26-24(20)32(44)28-29(40(2)3)33(45)27(36(38)48)35(47)37(28,49)34(26)46;/h17-18,20,24,28-29,32,44,49H,7-16,19H2,1-6H3,(H5-,38,39,41,42,43,45,46,47,48);1H/t20-,24+,28+,29-,32-,37-;/m0./s1. The average molecular weight is 752 g/mol. The summed E-state index contributed by atoms with van der Waals surface area (Å²) in [7, 11) is 2.23. The van der Waals surface area contributed by atoms with Crippen LogP contribution in [0.1, 0.15) is 88.2 Å². The first-order valence-electron chi connectivity index (χ1n) is 17.6. The zero-order valence-corrected chi connectivity index (χ0v) is 32.2. The largest absolute Gasteiger partial charge is 1.00 e. The maximum atomic E-state index is 14.2. The molecule has 14 heteroatoms. The number of anilines is 1. The summed E-state index contributed by atoms with van der Waals surface area (Å²) in [6.07, 6.45) is 9.94. The monoisotopic (exact) mass is 751 g/mol. The van der Waals surface area contributed by atoms with Crippen LogP contribution in [0.3, 0.4) is 0 Å². The van der Waals surface area contributed by atoms with Gasteiger partial charge in [0.1, 0.15) is 22.8 Å². The number of hydrogen-bond acceptors (Lipinski definition) is 10. The highest BCUT2D eigenvalue weighted by Gasteiger charge is 2.68. The molecule has 3 aliphatic carbocycles. The zero-order chi connectivity index (χ0) is 37.3. The molecule has 4 rings (SSSR count). The number of aliphatic hydroxyl groups excluding tert-OH is 3. The molecule has 0 aliphatic heterocycles. The van der Waals surface area contributed by atoms with E-state index < -0.39 is 88.7 Å². The molecule has 0 aromatic heterocycles. The smallest absolute Gasteiger partial charge is 0.255 e. The van der Waals surface area contributed by atoms with E-state index in [1.54, 1.807) is 13.0 Å². The number of benzene rings is 1. The number of nitrogens with one attached hydrogen (secondary N) is 1. The summed E-state index contributed by atoms with van der Waals surface area (Å²) in [4.78, 5) is 53.8. The number of primary amides is 1. The van der Waals surface area contributed by atoms with Gasteiger partial charge in [0, 0.05) is 45.2 Å². The number of carbonyl (C=O) groups excluding carboxylic acids is 4. The van der Waals surface area contributed by atoms with Gasteiger partial charge >= 0.3 is 0 Å². The number of rotatable bonds is 15. The second kappa shape index (κ2) is 16.8. The highest BCUT2D eigenvalue weighted by molar-refractivity contribution is 7.73. The number of aliphatic hydroxyl groups is 4. The lowest BCUT2D eigenvalue weighted by Crippen LogP contribution is -3.00. The number of fused-ring (bicyclic) bond motifs is 3. The van der Waals surface area contributed by atoms with Crippen molar-refractivity contribution < 1.29 is 57.1 Å². The number of aromatic hydroxyl groups is 1. The van der Waals surface area contributed by atoms with Gasteiger partial charge < -0.3 is 49.0 Å². The van der Waals surface area contributed by atoms with E-state index in [0.29, 0.717) is 12.0 Å². The predicted molar refractivity (Wildman–Crippen MR) is 195 cm³/mol. The molecule has 0 heterocycles. The predicted octanol–water partition coefficient (Wildman–Crippen LogP) is 1.25. The van der Waals surface area contributed by atoms with Crippen molar-refractivity contribution in [3.8, 4) is 5.75 Å². The van der Waals surface area contributed by atoms with E-state index in [-0.39, 0.29) is 36.0 Å². The molecule has 3 aliphatic rings. The summed E-state index contributed by atoms with van der Waals surface area (Å²) in [5.74, 6) is -9.96. The fourth-order valence-electron chi connectivity index (χ4n) is 8.04. The molecule has 12 nitrogen and oxygen atoms in total. The van der Waals surface area contributed by atoms with Gasteiger partial charge in [0.25, 0.3) is 5.91 Å². The van der Waals surface area contributed by atoms with Crippen LogP contribution in [0.15, 0.2) is 29.0 Å². The summed E-state index contributed by atoms with van der Waals surface area (Å²) >= 11 is 0. The molecule has 1 aromatic carbocycles. The van der Waals surface area contributed by atoms with Crippen LogP contribution in [-0.2, 0) is 19.2 Å². The quantitative estimate of drug-likeness (QED) is 0.0590. The van der Waals surface area contributed by atoms with E-state index in [4.69, 9.17) is 5.73 Å². The van der Waals surface area contributed by atoms with Gasteiger partial charge in [0.2, 0.25) is 11.7 Å². The number of halogens is 1. The molecule has 6 atom stereocenters. The summed E-state index contributed by atoms with van der Waals surface area (Å²) in [5, 5.41) is 60.1. The van der Waals surface area contributed by atoms with Crippen LogP contribution >= 0.6 is 7.26 Å². The second-order valence-corrected chi connectivity index (χ2v) is 20.5. The highest BCUT2D eigenvalue weighted by Crippen LogP contribution is 2.56. The molecule has 0 radical (unpaired) electrons. The number of phenols is 1. The van der Waals surface area contributed by atoms with Crippen molar-refractivity contribution in [2.45, 2.75) is 94.8 Å². The van der Waals surface area contributed by atoms with E-state index in [2.05, 4.69) is 25.3 Å². The Morgan fingerprint density at radius 3 is 2.02 bits per heavy atom. The molecule has 1 aromatic rings. The molecule has 0 spiro atoms. The maximum absolute atomic E-state index is 14.2. The van der Waals surface area contributed by atoms with Crippen LogP contribution in [0.4, 0.5) is 5.69 Å². The third-order valence-electron chi connectivity index (χ3n) is 10.6. The number of nitrogens with two attached hydrogens (primary N) is 1. The molecule has 1 fully saturated rings. The Balaban J connectivity index is 0.00000702. The summed E-state index contributed by atoms with van der Waals surface area (Å²) < 4.78 is 0. The zero-order valence-electron chi connectivity index (χ0n) is 30.5. The summed E-state index contributed by atoms with van der Waals surface area (Å²) in [5.41, 5.74) is 1.13. The number of hydrogen-bond donors (Lipinski definition) is 7. The van der Waals surface area contributed by atoms with Gasteiger partial charge in [-0.15, -0.1) is 0 Å². The minimum Gasteiger partial charge on any atom is -1.00 e. The molecule has 0 saturated heterocycles. The van der Waals surface area contributed by atoms with Crippen molar-refractivity contribution >= 4 is 42.1 Å². The molecule has 0 unspecified atom stereocenters. The van der Waals surface area contributed by atoms with Gasteiger partial charge in [-0.25, -0.2) is 0 Å². The van der Waals surface area contributed by atoms with Gasteiger partial charge in [-0.05, 0) is 50.9 Å². The van der Waals surface area contributed by atoms with Crippen LogP contribution in [0, 0.1) is 11.8 Å². The number of amides is 2.